The van der Waals surface area contributed by atoms with Gasteiger partial charge < -0.3 is 23.9 Å². The fourth-order valence-electron chi connectivity index (χ4n) is 4.59. The van der Waals surface area contributed by atoms with Crippen molar-refractivity contribution in [3.63, 3.8) is 0 Å². The van der Waals surface area contributed by atoms with Crippen LogP contribution in [0.2, 0.25) is 0 Å². The molecule has 4 aromatic rings. The molecule has 2 atom stereocenters. The summed E-state index contributed by atoms with van der Waals surface area (Å²) in [6, 6.07) is 9.49. The van der Waals surface area contributed by atoms with Gasteiger partial charge in [-0.1, -0.05) is 29.8 Å². The number of nitrogens with one attached hydrogen (secondary N) is 1. The Morgan fingerprint density at radius 3 is 2.94 bits per heavy atom. The summed E-state index contributed by atoms with van der Waals surface area (Å²) in [4.78, 5) is 24.4. The Bertz CT molecular complexity index is 1290. The fraction of sp³-hybridized carbons (Fsp3) is 0.385. The zero-order valence-electron chi connectivity index (χ0n) is 20.1. The molecule has 0 aliphatic carbocycles. The third-order valence-electron chi connectivity index (χ3n) is 6.57. The van der Waals surface area contributed by atoms with E-state index in [0.717, 1.165) is 48.2 Å². The van der Waals surface area contributed by atoms with Crippen molar-refractivity contribution < 1.29 is 14.1 Å². The molecule has 9 nitrogen and oxygen atoms in total. The van der Waals surface area contributed by atoms with Crippen LogP contribution in [0.15, 0.2) is 59.7 Å². The van der Waals surface area contributed by atoms with Gasteiger partial charge in [-0.3, -0.25) is 0 Å². The second kappa shape index (κ2) is 10.2. The second-order valence-electron chi connectivity index (χ2n) is 8.80. The summed E-state index contributed by atoms with van der Waals surface area (Å²) in [6.45, 7) is 5.15. The lowest BCUT2D eigenvalue weighted by Crippen LogP contribution is -2.43. The zero-order valence-corrected chi connectivity index (χ0v) is 20.1. The van der Waals surface area contributed by atoms with Crippen LogP contribution in [0.4, 0.5) is 4.79 Å². The minimum Gasteiger partial charge on any atom is -0.475 e. The van der Waals surface area contributed by atoms with Gasteiger partial charge in [0, 0.05) is 36.8 Å². The standard InChI is InChI=1S/C26H30N6O3/c1-3-32-18(2)19-8-7-9-20(16-19)23-17-31-13-12-27-24(31)25(28-23)34-14-6-4-5-10-21(29-26(32)33)22-11-15-35-30-22/h7-9,11-13,15-18,21H,3-6,10,14H2,1-2H3,(H,29,33)/t18-,21?/m1/s1. The second-order valence-corrected chi connectivity index (χ2v) is 8.80. The van der Waals surface area contributed by atoms with Gasteiger partial charge in [-0.25, -0.2) is 14.8 Å². The van der Waals surface area contributed by atoms with E-state index in [1.165, 1.54) is 0 Å². The molecule has 4 bridgehead atoms. The van der Waals surface area contributed by atoms with Crippen LogP contribution in [0.1, 0.15) is 62.9 Å². The van der Waals surface area contributed by atoms with Crippen molar-refractivity contribution in [3.05, 3.63) is 66.4 Å². The number of amides is 2. The number of carbonyl (C=O) groups is 1. The van der Waals surface area contributed by atoms with Crippen LogP contribution in [0.3, 0.4) is 0 Å². The van der Waals surface area contributed by atoms with Crippen molar-refractivity contribution in [1.29, 1.82) is 0 Å². The van der Waals surface area contributed by atoms with Crippen molar-refractivity contribution in [3.8, 4) is 17.1 Å². The highest BCUT2D eigenvalue weighted by molar-refractivity contribution is 5.75. The molecule has 35 heavy (non-hydrogen) atoms. The number of hydrogen-bond acceptors (Lipinski definition) is 6. The molecule has 0 radical (unpaired) electrons. The van der Waals surface area contributed by atoms with Gasteiger partial charge in [0.2, 0.25) is 5.65 Å². The van der Waals surface area contributed by atoms with Crippen molar-refractivity contribution in [1.82, 2.24) is 29.7 Å². The molecule has 1 aromatic carbocycles. The van der Waals surface area contributed by atoms with Crippen LogP contribution >= 0.6 is 0 Å². The molecule has 1 N–H and O–H groups in total. The SMILES string of the molecule is CCN1C(=O)NC(c2ccon2)CCCCCOc2nc(cn3ccnc23)-c2cccc(c2)[C@H]1C. The summed E-state index contributed by atoms with van der Waals surface area (Å²) in [7, 11) is 0. The van der Waals surface area contributed by atoms with Gasteiger partial charge in [-0.2, -0.15) is 0 Å². The van der Waals surface area contributed by atoms with E-state index in [9.17, 15) is 4.79 Å². The number of ether oxygens (including phenoxy) is 1. The highest BCUT2D eigenvalue weighted by atomic mass is 16.5. The molecule has 1 unspecified atom stereocenters. The molecule has 2 amide bonds. The predicted molar refractivity (Wildman–Crippen MR) is 131 cm³/mol. The van der Waals surface area contributed by atoms with E-state index in [-0.39, 0.29) is 18.1 Å². The number of aromatic nitrogens is 4. The first-order chi connectivity index (χ1) is 17.1. The summed E-state index contributed by atoms with van der Waals surface area (Å²) < 4.78 is 13.1. The van der Waals surface area contributed by atoms with Crippen molar-refractivity contribution in [2.75, 3.05) is 13.2 Å². The van der Waals surface area contributed by atoms with E-state index in [1.807, 2.05) is 59.8 Å². The van der Waals surface area contributed by atoms with Crippen LogP contribution in [0.25, 0.3) is 16.9 Å². The highest BCUT2D eigenvalue weighted by Gasteiger charge is 2.25. The first kappa shape index (κ1) is 22.9. The smallest absolute Gasteiger partial charge is 0.318 e. The molecule has 1 aliphatic rings. The Labute approximate surface area is 204 Å². The molecule has 1 aliphatic heterocycles. The van der Waals surface area contributed by atoms with E-state index in [0.29, 0.717) is 24.7 Å². The zero-order chi connectivity index (χ0) is 24.2. The highest BCUT2D eigenvalue weighted by Crippen LogP contribution is 2.29. The molecule has 0 saturated heterocycles. The van der Waals surface area contributed by atoms with E-state index < -0.39 is 0 Å². The van der Waals surface area contributed by atoms with E-state index >= 15 is 0 Å². The molecule has 0 spiro atoms. The van der Waals surface area contributed by atoms with Gasteiger partial charge in [-0.05, 0) is 44.7 Å². The minimum absolute atomic E-state index is 0.119. The lowest BCUT2D eigenvalue weighted by Gasteiger charge is -2.30. The average Bonchev–Trinajstić information content (AvgIpc) is 3.57. The predicted octanol–water partition coefficient (Wildman–Crippen LogP) is 5.17. The van der Waals surface area contributed by atoms with Crippen LogP contribution in [-0.2, 0) is 0 Å². The van der Waals surface area contributed by atoms with Crippen LogP contribution < -0.4 is 10.1 Å². The van der Waals surface area contributed by atoms with Gasteiger partial charge in [0.1, 0.15) is 12.0 Å². The number of rotatable bonds is 2. The molecular weight excluding hydrogens is 444 g/mol. The fourth-order valence-corrected chi connectivity index (χ4v) is 4.59. The molecule has 0 fully saturated rings. The first-order valence-electron chi connectivity index (χ1n) is 12.2. The van der Waals surface area contributed by atoms with Gasteiger partial charge in [0.05, 0.1) is 24.4 Å². The molecule has 3 aromatic heterocycles. The Balaban J connectivity index is 1.52. The normalized spacial score (nSPS) is 19.7. The minimum atomic E-state index is -0.216. The largest absolute Gasteiger partial charge is 0.475 e. The Morgan fingerprint density at radius 1 is 1.20 bits per heavy atom. The monoisotopic (exact) mass is 474 g/mol. The van der Waals surface area contributed by atoms with E-state index in [4.69, 9.17) is 14.2 Å². The lowest BCUT2D eigenvalue weighted by molar-refractivity contribution is 0.177. The number of fused-ring (bicyclic) bond motifs is 7. The molecule has 182 valence electrons. The third kappa shape index (κ3) is 4.84. The number of hydrogen-bond donors (Lipinski definition) is 1. The quantitative estimate of drug-likeness (QED) is 0.430. The van der Waals surface area contributed by atoms with Crippen molar-refractivity contribution in [2.24, 2.45) is 0 Å². The van der Waals surface area contributed by atoms with Crippen molar-refractivity contribution in [2.45, 2.75) is 51.6 Å². The van der Waals surface area contributed by atoms with Crippen LogP contribution in [-0.4, -0.2) is 43.6 Å². The number of carbonyl (C=O) groups excluding carboxylic acids is 1. The number of urea groups is 1. The maximum atomic E-state index is 13.4. The molecule has 5 rings (SSSR count). The molecule has 9 heteroatoms. The summed E-state index contributed by atoms with van der Waals surface area (Å²) in [5, 5.41) is 7.28. The van der Waals surface area contributed by atoms with Crippen molar-refractivity contribution >= 4 is 11.7 Å². The van der Waals surface area contributed by atoms with E-state index in [2.05, 4.69) is 21.5 Å². The summed E-state index contributed by atoms with van der Waals surface area (Å²) >= 11 is 0. The van der Waals surface area contributed by atoms with Gasteiger partial charge in [0.15, 0.2) is 0 Å². The topological polar surface area (TPSA) is 97.8 Å². The number of imidazole rings is 1. The molecular formula is C26H30N6O3. The van der Waals surface area contributed by atoms with Gasteiger partial charge >= 0.3 is 6.03 Å². The summed E-state index contributed by atoms with van der Waals surface area (Å²) in [5.74, 6) is 0.530. The lowest BCUT2D eigenvalue weighted by atomic mass is 10.0. The Kier molecular flexibility index (Phi) is 6.65. The number of benzene rings is 1. The molecule has 0 saturated carbocycles. The maximum absolute atomic E-state index is 13.4. The average molecular weight is 475 g/mol. The van der Waals surface area contributed by atoms with Crippen LogP contribution in [0.5, 0.6) is 5.88 Å². The summed E-state index contributed by atoms with van der Waals surface area (Å²) in [5.41, 5.74) is 4.21. The summed E-state index contributed by atoms with van der Waals surface area (Å²) in [6.07, 6.45) is 10.6. The van der Waals surface area contributed by atoms with Gasteiger partial charge in [0.25, 0.3) is 5.88 Å². The Hall–Kier alpha value is -3.88. The number of nitrogens with zero attached hydrogens (tertiary/aromatic N) is 5. The van der Waals surface area contributed by atoms with E-state index in [1.54, 1.807) is 12.5 Å². The first-order valence-corrected chi connectivity index (χ1v) is 12.2. The molecule has 4 heterocycles. The maximum Gasteiger partial charge on any atom is 0.318 e. The van der Waals surface area contributed by atoms with Gasteiger partial charge in [-0.15, -0.1) is 0 Å². The van der Waals surface area contributed by atoms with Crippen LogP contribution in [0, 0.1) is 0 Å². The third-order valence-corrected chi connectivity index (χ3v) is 6.57. The Morgan fingerprint density at radius 2 is 2.11 bits per heavy atom.